The van der Waals surface area contributed by atoms with Gasteiger partial charge in [-0.1, -0.05) is 18.5 Å². The van der Waals surface area contributed by atoms with Gasteiger partial charge >= 0.3 is 0 Å². The molecule has 0 saturated carbocycles. The fourth-order valence-electron chi connectivity index (χ4n) is 3.07. The number of hydrogen-bond donors (Lipinski definition) is 1. The molecule has 1 aromatic carbocycles. The van der Waals surface area contributed by atoms with Gasteiger partial charge < -0.3 is 14.4 Å². The molecule has 1 aliphatic rings. The number of hydrogen-bond acceptors (Lipinski definition) is 4. The SMILES string of the molecule is CCC(CO)N1CCN(C(=O)c2cc3cc(Cl)ccc3o2)CC1. The first-order valence-electron chi connectivity index (χ1n) is 7.95. The molecule has 124 valence electrons. The van der Waals surface area contributed by atoms with Gasteiger partial charge in [0.2, 0.25) is 0 Å². The molecule has 5 nitrogen and oxygen atoms in total. The van der Waals surface area contributed by atoms with Gasteiger partial charge in [0, 0.05) is 42.6 Å². The number of carbonyl (C=O) groups excluding carboxylic acids is 1. The minimum Gasteiger partial charge on any atom is -0.451 e. The van der Waals surface area contributed by atoms with Gasteiger partial charge in [-0.05, 0) is 30.7 Å². The highest BCUT2D eigenvalue weighted by atomic mass is 35.5. The van der Waals surface area contributed by atoms with Gasteiger partial charge in [0.15, 0.2) is 5.76 Å². The second-order valence-electron chi connectivity index (χ2n) is 5.87. The molecule has 0 spiro atoms. The van der Waals surface area contributed by atoms with Crippen molar-refractivity contribution in [1.29, 1.82) is 0 Å². The number of piperazine rings is 1. The van der Waals surface area contributed by atoms with E-state index in [0.717, 1.165) is 24.9 Å². The Morgan fingerprint density at radius 3 is 2.70 bits per heavy atom. The maximum absolute atomic E-state index is 12.6. The first-order chi connectivity index (χ1) is 11.1. The van der Waals surface area contributed by atoms with Crippen LogP contribution in [-0.4, -0.2) is 59.6 Å². The molecular weight excluding hydrogens is 316 g/mol. The molecule has 1 N–H and O–H groups in total. The topological polar surface area (TPSA) is 56.9 Å². The fraction of sp³-hybridized carbons (Fsp3) is 0.471. The number of aliphatic hydroxyl groups is 1. The summed E-state index contributed by atoms with van der Waals surface area (Å²) >= 11 is 5.97. The lowest BCUT2D eigenvalue weighted by Gasteiger charge is -2.38. The van der Waals surface area contributed by atoms with Crippen molar-refractivity contribution < 1.29 is 14.3 Å². The second kappa shape index (κ2) is 6.91. The van der Waals surface area contributed by atoms with Crippen LogP contribution in [0.5, 0.6) is 0 Å². The van der Waals surface area contributed by atoms with Crippen molar-refractivity contribution in [2.24, 2.45) is 0 Å². The maximum atomic E-state index is 12.6. The molecule has 23 heavy (non-hydrogen) atoms. The third-order valence-electron chi connectivity index (χ3n) is 4.49. The van der Waals surface area contributed by atoms with Crippen LogP contribution in [0.1, 0.15) is 23.9 Å². The van der Waals surface area contributed by atoms with E-state index in [4.69, 9.17) is 16.0 Å². The van der Waals surface area contributed by atoms with E-state index >= 15 is 0 Å². The molecule has 2 aromatic rings. The molecule has 3 rings (SSSR count). The van der Waals surface area contributed by atoms with Crippen LogP contribution in [0.2, 0.25) is 5.02 Å². The van der Waals surface area contributed by atoms with Gasteiger partial charge in [0.1, 0.15) is 5.58 Å². The lowest BCUT2D eigenvalue weighted by molar-refractivity contribution is 0.0451. The molecule has 1 unspecified atom stereocenters. The predicted octanol–water partition coefficient (Wildman–Crippen LogP) is 2.61. The molecule has 1 saturated heterocycles. The van der Waals surface area contributed by atoms with Gasteiger partial charge in [-0.25, -0.2) is 0 Å². The molecule has 1 fully saturated rings. The third-order valence-corrected chi connectivity index (χ3v) is 4.72. The van der Waals surface area contributed by atoms with Crippen molar-refractivity contribution in [2.45, 2.75) is 19.4 Å². The Kier molecular flexibility index (Phi) is 4.90. The van der Waals surface area contributed by atoms with Gasteiger partial charge in [0.25, 0.3) is 5.91 Å². The Morgan fingerprint density at radius 2 is 2.04 bits per heavy atom. The number of nitrogens with zero attached hydrogens (tertiary/aromatic N) is 2. The number of amides is 1. The summed E-state index contributed by atoms with van der Waals surface area (Å²) < 4.78 is 5.65. The van der Waals surface area contributed by atoms with E-state index in [9.17, 15) is 9.90 Å². The van der Waals surface area contributed by atoms with Crippen LogP contribution in [0.15, 0.2) is 28.7 Å². The highest BCUT2D eigenvalue weighted by Crippen LogP contribution is 2.24. The number of rotatable bonds is 4. The van der Waals surface area contributed by atoms with E-state index < -0.39 is 0 Å². The van der Waals surface area contributed by atoms with Crippen molar-refractivity contribution in [3.05, 3.63) is 35.0 Å². The summed E-state index contributed by atoms with van der Waals surface area (Å²) in [4.78, 5) is 16.6. The lowest BCUT2D eigenvalue weighted by atomic mass is 10.1. The van der Waals surface area contributed by atoms with Gasteiger partial charge in [-0.3, -0.25) is 9.69 Å². The predicted molar refractivity (Wildman–Crippen MR) is 89.9 cm³/mol. The van der Waals surface area contributed by atoms with Crippen molar-refractivity contribution in [3.63, 3.8) is 0 Å². The second-order valence-corrected chi connectivity index (χ2v) is 6.30. The van der Waals surface area contributed by atoms with Crippen LogP contribution >= 0.6 is 11.6 Å². The molecule has 1 atom stereocenters. The van der Waals surface area contributed by atoms with Crippen molar-refractivity contribution in [2.75, 3.05) is 32.8 Å². The fourth-order valence-corrected chi connectivity index (χ4v) is 3.25. The monoisotopic (exact) mass is 336 g/mol. The normalized spacial score (nSPS) is 17.6. The average molecular weight is 337 g/mol. The van der Waals surface area contributed by atoms with Crippen LogP contribution in [-0.2, 0) is 0 Å². The van der Waals surface area contributed by atoms with Crippen molar-refractivity contribution in [1.82, 2.24) is 9.80 Å². The minimum absolute atomic E-state index is 0.0889. The molecule has 6 heteroatoms. The van der Waals surface area contributed by atoms with E-state index in [1.54, 1.807) is 29.2 Å². The smallest absolute Gasteiger partial charge is 0.289 e. The first kappa shape index (κ1) is 16.3. The number of halogens is 1. The Hall–Kier alpha value is -1.56. The lowest BCUT2D eigenvalue weighted by Crippen LogP contribution is -2.52. The quantitative estimate of drug-likeness (QED) is 0.932. The molecule has 1 aliphatic heterocycles. The summed E-state index contributed by atoms with van der Waals surface area (Å²) in [6.45, 7) is 5.07. The Labute approximate surface area is 140 Å². The summed E-state index contributed by atoms with van der Waals surface area (Å²) in [6, 6.07) is 7.25. The third kappa shape index (κ3) is 3.37. The molecular formula is C17H21ClN2O3. The van der Waals surface area contributed by atoms with Crippen LogP contribution in [0.25, 0.3) is 11.0 Å². The Morgan fingerprint density at radius 1 is 1.30 bits per heavy atom. The van der Waals surface area contributed by atoms with Crippen LogP contribution in [0.4, 0.5) is 0 Å². The number of aliphatic hydroxyl groups excluding tert-OH is 1. The first-order valence-corrected chi connectivity index (χ1v) is 8.33. The number of benzene rings is 1. The largest absolute Gasteiger partial charge is 0.451 e. The van der Waals surface area contributed by atoms with E-state index in [1.807, 2.05) is 0 Å². The number of furan rings is 1. The van der Waals surface area contributed by atoms with E-state index in [1.165, 1.54) is 0 Å². The minimum atomic E-state index is -0.0889. The van der Waals surface area contributed by atoms with Gasteiger partial charge in [0.05, 0.1) is 6.61 Å². The highest BCUT2D eigenvalue weighted by Gasteiger charge is 2.27. The van der Waals surface area contributed by atoms with E-state index in [0.29, 0.717) is 29.5 Å². The summed E-state index contributed by atoms with van der Waals surface area (Å²) in [6.07, 6.45) is 0.911. The average Bonchev–Trinajstić information content (AvgIpc) is 2.99. The zero-order valence-electron chi connectivity index (χ0n) is 13.2. The van der Waals surface area contributed by atoms with Gasteiger partial charge in [-0.2, -0.15) is 0 Å². The van der Waals surface area contributed by atoms with Crippen LogP contribution in [0.3, 0.4) is 0 Å². The number of carbonyl (C=O) groups is 1. The zero-order valence-corrected chi connectivity index (χ0v) is 13.9. The Balaban J connectivity index is 1.69. The number of fused-ring (bicyclic) bond motifs is 1. The van der Waals surface area contributed by atoms with Crippen molar-refractivity contribution >= 4 is 28.5 Å². The molecule has 0 bridgehead atoms. The molecule has 2 heterocycles. The maximum Gasteiger partial charge on any atom is 0.289 e. The van der Waals surface area contributed by atoms with Crippen LogP contribution < -0.4 is 0 Å². The summed E-state index contributed by atoms with van der Waals surface area (Å²) in [5.74, 6) is 0.263. The van der Waals surface area contributed by atoms with Crippen molar-refractivity contribution in [3.8, 4) is 0 Å². The van der Waals surface area contributed by atoms with Crippen LogP contribution in [0, 0.1) is 0 Å². The van der Waals surface area contributed by atoms with E-state index in [-0.39, 0.29) is 18.6 Å². The standard InChI is InChI=1S/C17H21ClN2O3/c1-2-14(11-21)19-5-7-20(8-6-19)17(22)16-10-12-9-13(18)3-4-15(12)23-16/h3-4,9-10,14,21H,2,5-8,11H2,1H3. The summed E-state index contributed by atoms with van der Waals surface area (Å²) in [5.41, 5.74) is 0.669. The van der Waals surface area contributed by atoms with E-state index in [2.05, 4.69) is 11.8 Å². The zero-order chi connectivity index (χ0) is 16.4. The van der Waals surface area contributed by atoms with Gasteiger partial charge in [-0.15, -0.1) is 0 Å². The molecule has 1 amide bonds. The molecule has 0 radical (unpaired) electrons. The molecule has 0 aliphatic carbocycles. The summed E-state index contributed by atoms with van der Waals surface area (Å²) in [7, 11) is 0. The highest BCUT2D eigenvalue weighted by molar-refractivity contribution is 6.31. The molecule has 1 aromatic heterocycles. The summed E-state index contributed by atoms with van der Waals surface area (Å²) in [5, 5.41) is 10.9. The Bertz CT molecular complexity index is 688.